The first-order chi connectivity index (χ1) is 7.79. The van der Waals surface area contributed by atoms with E-state index in [4.69, 9.17) is 4.74 Å². The number of nitrogens with one attached hydrogen (secondary N) is 2. The average Bonchev–Trinajstić information content (AvgIpc) is 2.88. The van der Waals surface area contributed by atoms with Gasteiger partial charge in [-0.3, -0.25) is 0 Å². The minimum atomic E-state index is 0.333. The molecule has 90 valence electrons. The molecule has 1 aromatic heterocycles. The first kappa shape index (κ1) is 11.6. The van der Waals surface area contributed by atoms with Crippen LogP contribution in [0.2, 0.25) is 0 Å². The van der Waals surface area contributed by atoms with E-state index in [0.29, 0.717) is 18.2 Å². The molecule has 1 saturated heterocycles. The lowest BCUT2D eigenvalue weighted by molar-refractivity contribution is 0.0320. The summed E-state index contributed by atoms with van der Waals surface area (Å²) in [7, 11) is 0. The van der Waals surface area contributed by atoms with Gasteiger partial charge in [0.05, 0.1) is 12.2 Å². The zero-order valence-electron chi connectivity index (χ0n) is 10.1. The van der Waals surface area contributed by atoms with Gasteiger partial charge in [0.2, 0.25) is 0 Å². The Morgan fingerprint density at radius 2 is 2.50 bits per heavy atom. The highest BCUT2D eigenvalue weighted by Crippen LogP contribution is 2.23. The Bertz CT molecular complexity index is 299. The van der Waals surface area contributed by atoms with Gasteiger partial charge in [0, 0.05) is 24.9 Å². The van der Waals surface area contributed by atoms with Gasteiger partial charge in [-0.25, -0.2) is 4.98 Å². The third-order valence-electron chi connectivity index (χ3n) is 3.15. The quantitative estimate of drug-likeness (QED) is 0.795. The van der Waals surface area contributed by atoms with Gasteiger partial charge in [-0.2, -0.15) is 0 Å². The first-order valence-electron chi connectivity index (χ1n) is 6.16. The van der Waals surface area contributed by atoms with E-state index in [2.05, 4.69) is 29.1 Å². The Kier molecular flexibility index (Phi) is 3.96. The maximum atomic E-state index is 5.92. The molecular weight excluding hydrogens is 202 g/mol. The average molecular weight is 223 g/mol. The number of aromatic nitrogens is 2. The van der Waals surface area contributed by atoms with Crippen molar-refractivity contribution in [3.8, 4) is 0 Å². The van der Waals surface area contributed by atoms with Gasteiger partial charge in [-0.15, -0.1) is 0 Å². The molecule has 4 heteroatoms. The normalized spacial score (nSPS) is 27.1. The summed E-state index contributed by atoms with van der Waals surface area (Å²) >= 11 is 0. The molecule has 1 aromatic rings. The van der Waals surface area contributed by atoms with Gasteiger partial charge in [-0.1, -0.05) is 6.92 Å². The lowest BCUT2D eigenvalue weighted by atomic mass is 10.0. The Balaban J connectivity index is 1.94. The number of imidazole rings is 1. The van der Waals surface area contributed by atoms with Crippen molar-refractivity contribution >= 4 is 0 Å². The molecule has 0 saturated carbocycles. The molecule has 2 rings (SSSR count). The van der Waals surface area contributed by atoms with Crippen molar-refractivity contribution in [2.75, 3.05) is 6.54 Å². The smallest absolute Gasteiger partial charge is 0.107 e. The molecule has 1 aliphatic heterocycles. The van der Waals surface area contributed by atoms with Crippen LogP contribution in [-0.4, -0.2) is 34.8 Å². The second-order valence-corrected chi connectivity index (χ2v) is 4.47. The summed E-state index contributed by atoms with van der Waals surface area (Å²) in [5.74, 6) is 1.04. The lowest BCUT2D eigenvalue weighted by Crippen LogP contribution is -2.41. The Morgan fingerprint density at radius 3 is 3.06 bits per heavy atom. The first-order valence-corrected chi connectivity index (χ1v) is 6.16. The van der Waals surface area contributed by atoms with Crippen molar-refractivity contribution in [3.63, 3.8) is 0 Å². The van der Waals surface area contributed by atoms with Crippen LogP contribution in [0.5, 0.6) is 0 Å². The van der Waals surface area contributed by atoms with Gasteiger partial charge in [0.1, 0.15) is 5.82 Å². The Labute approximate surface area is 96.8 Å². The summed E-state index contributed by atoms with van der Waals surface area (Å²) in [5, 5.41) is 3.50. The van der Waals surface area contributed by atoms with Gasteiger partial charge < -0.3 is 15.0 Å². The van der Waals surface area contributed by atoms with E-state index in [1.54, 1.807) is 6.20 Å². The second-order valence-electron chi connectivity index (χ2n) is 4.47. The van der Waals surface area contributed by atoms with Crippen molar-refractivity contribution < 1.29 is 4.74 Å². The van der Waals surface area contributed by atoms with Gasteiger partial charge in [0.25, 0.3) is 0 Å². The summed E-state index contributed by atoms with van der Waals surface area (Å²) in [5.41, 5.74) is 0. The maximum Gasteiger partial charge on any atom is 0.107 e. The molecule has 1 aliphatic rings. The minimum Gasteiger partial charge on any atom is -0.374 e. The fourth-order valence-corrected chi connectivity index (χ4v) is 2.34. The van der Waals surface area contributed by atoms with Gasteiger partial charge >= 0.3 is 0 Å². The van der Waals surface area contributed by atoms with E-state index in [0.717, 1.165) is 25.2 Å². The topological polar surface area (TPSA) is 49.9 Å². The largest absolute Gasteiger partial charge is 0.374 e. The molecule has 2 N–H and O–H groups in total. The van der Waals surface area contributed by atoms with Crippen LogP contribution in [0.1, 0.15) is 32.5 Å². The molecule has 0 amide bonds. The van der Waals surface area contributed by atoms with Crippen LogP contribution in [0.3, 0.4) is 0 Å². The molecule has 0 bridgehead atoms. The number of aromatic amines is 1. The molecule has 0 aromatic carbocycles. The van der Waals surface area contributed by atoms with Gasteiger partial charge in [0.15, 0.2) is 0 Å². The molecular formula is C12H21N3O. The minimum absolute atomic E-state index is 0.333. The van der Waals surface area contributed by atoms with Crippen LogP contribution < -0.4 is 5.32 Å². The number of hydrogen-bond acceptors (Lipinski definition) is 3. The number of ether oxygens (including phenoxy) is 1. The number of hydrogen-bond donors (Lipinski definition) is 2. The third-order valence-corrected chi connectivity index (χ3v) is 3.15. The van der Waals surface area contributed by atoms with Crippen molar-refractivity contribution in [3.05, 3.63) is 18.2 Å². The van der Waals surface area contributed by atoms with E-state index in [1.807, 2.05) is 6.20 Å². The SMILES string of the molecule is CCNC(Cc1ncc[nH]1)C1CCC(C)O1. The second kappa shape index (κ2) is 5.46. The number of likely N-dealkylation sites (N-methyl/N-ethyl adjacent to an activating group) is 1. The predicted octanol–water partition coefficient (Wildman–Crippen LogP) is 1.50. The zero-order valence-corrected chi connectivity index (χ0v) is 10.1. The highest BCUT2D eigenvalue weighted by molar-refractivity contribution is 4.95. The van der Waals surface area contributed by atoms with Crippen LogP contribution in [0.25, 0.3) is 0 Å². The zero-order chi connectivity index (χ0) is 11.4. The van der Waals surface area contributed by atoms with E-state index in [-0.39, 0.29) is 0 Å². The number of nitrogens with zero attached hydrogens (tertiary/aromatic N) is 1. The van der Waals surface area contributed by atoms with E-state index < -0.39 is 0 Å². The van der Waals surface area contributed by atoms with Crippen LogP contribution in [0.4, 0.5) is 0 Å². The molecule has 1 fully saturated rings. The van der Waals surface area contributed by atoms with Crippen molar-refractivity contribution in [1.82, 2.24) is 15.3 Å². The molecule has 4 nitrogen and oxygen atoms in total. The third kappa shape index (κ3) is 2.83. The van der Waals surface area contributed by atoms with Crippen LogP contribution in [0, 0.1) is 0 Å². The van der Waals surface area contributed by atoms with Crippen molar-refractivity contribution in [2.24, 2.45) is 0 Å². The molecule has 0 aliphatic carbocycles. The summed E-state index contributed by atoms with van der Waals surface area (Å²) < 4.78 is 5.92. The van der Waals surface area contributed by atoms with E-state index in [9.17, 15) is 0 Å². The van der Waals surface area contributed by atoms with Crippen LogP contribution in [0.15, 0.2) is 12.4 Å². The molecule has 2 heterocycles. The van der Waals surface area contributed by atoms with Crippen molar-refractivity contribution in [2.45, 2.75) is 51.4 Å². The lowest BCUT2D eigenvalue weighted by Gasteiger charge is -2.23. The summed E-state index contributed by atoms with van der Waals surface area (Å²) in [6.07, 6.45) is 7.65. The molecule has 0 spiro atoms. The van der Waals surface area contributed by atoms with Gasteiger partial charge in [-0.05, 0) is 26.3 Å². The van der Waals surface area contributed by atoms with Crippen LogP contribution in [-0.2, 0) is 11.2 Å². The monoisotopic (exact) mass is 223 g/mol. The van der Waals surface area contributed by atoms with Crippen molar-refractivity contribution in [1.29, 1.82) is 0 Å². The molecule has 3 atom stereocenters. The summed E-state index contributed by atoms with van der Waals surface area (Å²) in [4.78, 5) is 7.43. The fourth-order valence-electron chi connectivity index (χ4n) is 2.34. The summed E-state index contributed by atoms with van der Waals surface area (Å²) in [6.45, 7) is 5.25. The highest BCUT2D eigenvalue weighted by Gasteiger charge is 2.29. The standard InChI is InChI=1S/C12H21N3O/c1-3-13-10(8-12-14-6-7-15-12)11-5-4-9(2)16-11/h6-7,9-11,13H,3-5,8H2,1-2H3,(H,14,15). The number of rotatable bonds is 5. The maximum absolute atomic E-state index is 5.92. The fraction of sp³-hybridized carbons (Fsp3) is 0.750. The molecule has 0 radical (unpaired) electrons. The Hall–Kier alpha value is -0.870. The summed E-state index contributed by atoms with van der Waals surface area (Å²) in [6, 6.07) is 0.376. The Morgan fingerprint density at radius 1 is 1.62 bits per heavy atom. The molecule has 16 heavy (non-hydrogen) atoms. The van der Waals surface area contributed by atoms with E-state index in [1.165, 1.54) is 6.42 Å². The highest BCUT2D eigenvalue weighted by atomic mass is 16.5. The number of H-pyrrole nitrogens is 1. The predicted molar refractivity (Wildman–Crippen MR) is 63.3 cm³/mol. The molecule has 3 unspecified atom stereocenters. The van der Waals surface area contributed by atoms with E-state index >= 15 is 0 Å². The van der Waals surface area contributed by atoms with Crippen LogP contribution >= 0.6 is 0 Å².